The molecule has 0 spiro atoms. The molecule has 1 aromatic heterocycles. The van der Waals surface area contributed by atoms with E-state index in [-0.39, 0.29) is 12.2 Å². The van der Waals surface area contributed by atoms with Gasteiger partial charge in [0.05, 0.1) is 36.9 Å². The molecule has 0 atom stereocenters. The van der Waals surface area contributed by atoms with Crippen molar-refractivity contribution in [2.45, 2.75) is 32.5 Å². The molecule has 0 aliphatic rings. The van der Waals surface area contributed by atoms with Gasteiger partial charge in [-0.3, -0.25) is 4.98 Å². The van der Waals surface area contributed by atoms with E-state index < -0.39 is 0 Å². The number of hydrogen-bond donors (Lipinski definition) is 1. The molecule has 0 bridgehead atoms. The predicted octanol–water partition coefficient (Wildman–Crippen LogP) is 1.16. The summed E-state index contributed by atoms with van der Waals surface area (Å²) < 4.78 is 10.7. The number of nitrogens with zero attached hydrogens (tertiary/aromatic N) is 2. The second-order valence-corrected chi connectivity index (χ2v) is 4.07. The van der Waals surface area contributed by atoms with Crippen molar-refractivity contribution in [3.8, 4) is 5.88 Å². The molecule has 5 heteroatoms. The molecule has 16 heavy (non-hydrogen) atoms. The van der Waals surface area contributed by atoms with Crippen molar-refractivity contribution in [2.24, 2.45) is 0 Å². The second kappa shape index (κ2) is 5.77. The summed E-state index contributed by atoms with van der Waals surface area (Å²) in [5.41, 5.74) is 0.297. The highest BCUT2D eigenvalue weighted by Crippen LogP contribution is 2.14. The number of aliphatic hydroxyl groups is 1. The first-order valence-corrected chi connectivity index (χ1v) is 5.17. The maximum absolute atomic E-state index is 8.88. The standard InChI is InChI=1S/C11H18N2O3/c1-11(2,15-3)4-5-16-10-7-12-6-9(8-14)13-10/h6-7,14H,4-5,8H2,1-3H3. The molecular formula is C11H18N2O3. The van der Waals surface area contributed by atoms with Gasteiger partial charge in [0.1, 0.15) is 0 Å². The molecule has 0 saturated carbocycles. The van der Waals surface area contributed by atoms with E-state index in [0.717, 1.165) is 6.42 Å². The molecule has 0 fully saturated rings. The van der Waals surface area contributed by atoms with Crippen LogP contribution in [0.3, 0.4) is 0 Å². The highest BCUT2D eigenvalue weighted by Gasteiger charge is 2.16. The molecule has 0 saturated heterocycles. The third-order valence-corrected chi connectivity index (χ3v) is 2.33. The van der Waals surface area contributed by atoms with Crippen LogP contribution >= 0.6 is 0 Å². The van der Waals surface area contributed by atoms with Crippen LogP contribution < -0.4 is 4.74 Å². The zero-order valence-corrected chi connectivity index (χ0v) is 9.93. The van der Waals surface area contributed by atoms with Gasteiger partial charge in [0.2, 0.25) is 5.88 Å². The molecular weight excluding hydrogens is 208 g/mol. The van der Waals surface area contributed by atoms with E-state index in [1.165, 1.54) is 12.4 Å². The minimum atomic E-state index is -0.206. The van der Waals surface area contributed by atoms with Gasteiger partial charge in [0, 0.05) is 13.5 Å². The lowest BCUT2D eigenvalue weighted by molar-refractivity contribution is 0.00501. The maximum atomic E-state index is 8.88. The third kappa shape index (κ3) is 4.12. The Kier molecular flexibility index (Phi) is 4.64. The first-order valence-electron chi connectivity index (χ1n) is 5.17. The van der Waals surface area contributed by atoms with Crippen LogP contribution in [0.25, 0.3) is 0 Å². The Balaban J connectivity index is 2.42. The zero-order chi connectivity index (χ0) is 12.0. The van der Waals surface area contributed by atoms with Crippen LogP contribution in [-0.4, -0.2) is 34.4 Å². The first kappa shape index (κ1) is 12.9. The summed E-state index contributed by atoms with van der Waals surface area (Å²) in [4.78, 5) is 7.97. The molecule has 0 aliphatic heterocycles. The predicted molar refractivity (Wildman–Crippen MR) is 59.2 cm³/mol. The Labute approximate surface area is 95.4 Å². The number of rotatable bonds is 6. The van der Waals surface area contributed by atoms with Crippen molar-refractivity contribution < 1.29 is 14.6 Å². The van der Waals surface area contributed by atoms with Crippen molar-refractivity contribution in [1.29, 1.82) is 0 Å². The Hall–Kier alpha value is -1.20. The number of aromatic nitrogens is 2. The SMILES string of the molecule is COC(C)(C)CCOc1cncc(CO)n1. The van der Waals surface area contributed by atoms with Crippen LogP contribution in [0.5, 0.6) is 5.88 Å². The molecule has 90 valence electrons. The Bertz CT molecular complexity index is 329. The van der Waals surface area contributed by atoms with Gasteiger partial charge in [-0.25, -0.2) is 4.98 Å². The van der Waals surface area contributed by atoms with Crippen LogP contribution in [0.1, 0.15) is 26.0 Å². The second-order valence-electron chi connectivity index (χ2n) is 4.07. The fourth-order valence-electron chi connectivity index (χ4n) is 1.04. The molecule has 1 heterocycles. The van der Waals surface area contributed by atoms with Gasteiger partial charge in [-0.1, -0.05) is 0 Å². The normalized spacial score (nSPS) is 11.5. The monoisotopic (exact) mass is 226 g/mol. The maximum Gasteiger partial charge on any atom is 0.232 e. The highest BCUT2D eigenvalue weighted by molar-refractivity contribution is 5.07. The average Bonchev–Trinajstić information content (AvgIpc) is 2.29. The fraction of sp³-hybridized carbons (Fsp3) is 0.636. The van der Waals surface area contributed by atoms with Gasteiger partial charge in [0.15, 0.2) is 0 Å². The molecule has 5 nitrogen and oxygen atoms in total. The Morgan fingerprint density at radius 2 is 2.12 bits per heavy atom. The Morgan fingerprint density at radius 3 is 2.75 bits per heavy atom. The van der Waals surface area contributed by atoms with Crippen LogP contribution in [0.4, 0.5) is 0 Å². The molecule has 0 amide bonds. The van der Waals surface area contributed by atoms with Crippen molar-refractivity contribution in [1.82, 2.24) is 9.97 Å². The van der Waals surface area contributed by atoms with Gasteiger partial charge in [-0.05, 0) is 13.8 Å². The smallest absolute Gasteiger partial charge is 0.232 e. The van der Waals surface area contributed by atoms with E-state index >= 15 is 0 Å². The molecule has 1 rings (SSSR count). The van der Waals surface area contributed by atoms with Crippen LogP contribution in [0.15, 0.2) is 12.4 Å². The van der Waals surface area contributed by atoms with Crippen molar-refractivity contribution in [3.63, 3.8) is 0 Å². The summed E-state index contributed by atoms with van der Waals surface area (Å²) in [6.07, 6.45) is 3.79. The number of hydrogen-bond acceptors (Lipinski definition) is 5. The molecule has 0 radical (unpaired) electrons. The summed E-state index contributed by atoms with van der Waals surface area (Å²) in [5.74, 6) is 0.429. The van der Waals surface area contributed by atoms with Gasteiger partial charge < -0.3 is 14.6 Å². The van der Waals surface area contributed by atoms with Gasteiger partial charge >= 0.3 is 0 Å². The summed E-state index contributed by atoms with van der Waals surface area (Å²) in [6.45, 7) is 4.36. The molecule has 0 aromatic carbocycles. The number of aliphatic hydroxyl groups excluding tert-OH is 1. The minimum Gasteiger partial charge on any atom is -0.476 e. The van der Waals surface area contributed by atoms with E-state index in [1.54, 1.807) is 7.11 Å². The average molecular weight is 226 g/mol. The van der Waals surface area contributed by atoms with Gasteiger partial charge in [0.25, 0.3) is 0 Å². The third-order valence-electron chi connectivity index (χ3n) is 2.33. The van der Waals surface area contributed by atoms with E-state index in [2.05, 4.69) is 9.97 Å². The summed E-state index contributed by atoms with van der Waals surface area (Å²) >= 11 is 0. The number of ether oxygens (including phenoxy) is 2. The number of methoxy groups -OCH3 is 1. The van der Waals surface area contributed by atoms with Gasteiger partial charge in [-0.15, -0.1) is 0 Å². The Morgan fingerprint density at radius 1 is 1.38 bits per heavy atom. The van der Waals surface area contributed by atoms with E-state index in [1.807, 2.05) is 13.8 Å². The molecule has 1 N–H and O–H groups in total. The highest BCUT2D eigenvalue weighted by atomic mass is 16.5. The van der Waals surface area contributed by atoms with Gasteiger partial charge in [-0.2, -0.15) is 0 Å². The minimum absolute atomic E-state index is 0.131. The van der Waals surface area contributed by atoms with Crippen LogP contribution in [0.2, 0.25) is 0 Å². The lowest BCUT2D eigenvalue weighted by Gasteiger charge is -2.22. The molecule has 1 aromatic rings. The lowest BCUT2D eigenvalue weighted by atomic mass is 10.1. The molecule has 0 unspecified atom stereocenters. The van der Waals surface area contributed by atoms with E-state index in [0.29, 0.717) is 18.2 Å². The first-order chi connectivity index (χ1) is 7.57. The van der Waals surface area contributed by atoms with Crippen molar-refractivity contribution >= 4 is 0 Å². The van der Waals surface area contributed by atoms with E-state index in [9.17, 15) is 0 Å². The van der Waals surface area contributed by atoms with Crippen LogP contribution in [0, 0.1) is 0 Å². The topological polar surface area (TPSA) is 64.5 Å². The summed E-state index contributed by atoms with van der Waals surface area (Å²) in [5, 5.41) is 8.88. The van der Waals surface area contributed by atoms with E-state index in [4.69, 9.17) is 14.6 Å². The quantitative estimate of drug-likeness (QED) is 0.788. The molecule has 0 aliphatic carbocycles. The van der Waals surface area contributed by atoms with Crippen molar-refractivity contribution in [3.05, 3.63) is 18.1 Å². The summed E-state index contributed by atoms with van der Waals surface area (Å²) in [7, 11) is 1.67. The van der Waals surface area contributed by atoms with Crippen LogP contribution in [-0.2, 0) is 11.3 Å². The largest absolute Gasteiger partial charge is 0.476 e. The summed E-state index contributed by atoms with van der Waals surface area (Å²) in [6, 6.07) is 0. The zero-order valence-electron chi connectivity index (χ0n) is 9.93. The van der Waals surface area contributed by atoms with Crippen molar-refractivity contribution in [2.75, 3.05) is 13.7 Å². The fourth-order valence-corrected chi connectivity index (χ4v) is 1.04. The lowest BCUT2D eigenvalue weighted by Crippen LogP contribution is -2.25.